The lowest BCUT2D eigenvalue weighted by Crippen LogP contribution is -2.25. The minimum Gasteiger partial charge on any atom is -0.396 e. The minimum absolute atomic E-state index is 0. The second-order valence-electron chi connectivity index (χ2n) is 5.08. The monoisotopic (exact) mass is 322 g/mol. The minimum atomic E-state index is -0.203. The highest BCUT2D eigenvalue weighted by molar-refractivity contribution is 6.04. The van der Waals surface area contributed by atoms with Gasteiger partial charge in [-0.05, 0) is 24.1 Å². The Morgan fingerprint density at radius 3 is 2.82 bits per heavy atom. The zero-order chi connectivity index (χ0) is 14.7. The van der Waals surface area contributed by atoms with Crippen LogP contribution in [0.15, 0.2) is 24.3 Å². The van der Waals surface area contributed by atoms with Crippen molar-refractivity contribution in [3.63, 3.8) is 0 Å². The Morgan fingerprint density at radius 2 is 2.09 bits per heavy atom. The van der Waals surface area contributed by atoms with E-state index in [1.165, 1.54) is 0 Å². The molecule has 3 rings (SSSR count). The van der Waals surface area contributed by atoms with Gasteiger partial charge in [0.2, 0.25) is 0 Å². The number of anilines is 1. The van der Waals surface area contributed by atoms with Crippen LogP contribution in [0.1, 0.15) is 27.3 Å². The molecule has 0 fully saturated rings. The molecule has 1 aromatic heterocycles. The number of hydrogen-bond acceptors (Lipinski definition) is 4. The maximum Gasteiger partial charge on any atom is 0.276 e. The summed E-state index contributed by atoms with van der Waals surface area (Å²) < 4.78 is 0. The lowest BCUT2D eigenvalue weighted by atomic mass is 10.1. The van der Waals surface area contributed by atoms with Crippen molar-refractivity contribution in [2.75, 3.05) is 18.5 Å². The van der Waals surface area contributed by atoms with Gasteiger partial charge in [-0.2, -0.15) is 5.10 Å². The van der Waals surface area contributed by atoms with Crippen LogP contribution < -0.4 is 10.6 Å². The molecule has 6 nitrogen and oxygen atoms in total. The van der Waals surface area contributed by atoms with E-state index in [9.17, 15) is 4.79 Å². The Bertz CT molecular complexity index is 639. The number of aliphatic hydroxyl groups is 1. The van der Waals surface area contributed by atoms with Crippen molar-refractivity contribution in [2.45, 2.75) is 19.4 Å². The number of halogens is 1. The fourth-order valence-electron chi connectivity index (χ4n) is 2.49. The van der Waals surface area contributed by atoms with Crippen LogP contribution >= 0.6 is 12.4 Å². The number of carbonyl (C=O) groups excluding carboxylic acids is 1. The van der Waals surface area contributed by atoms with E-state index in [0.29, 0.717) is 18.7 Å². The molecule has 1 amide bonds. The zero-order valence-electron chi connectivity index (χ0n) is 12.1. The summed E-state index contributed by atoms with van der Waals surface area (Å²) in [6, 6.07) is 7.46. The fourth-order valence-corrected chi connectivity index (χ4v) is 2.49. The molecule has 1 aromatic carbocycles. The topological polar surface area (TPSA) is 90.0 Å². The first kappa shape index (κ1) is 16.5. The molecule has 2 aromatic rings. The van der Waals surface area contributed by atoms with Gasteiger partial charge in [-0.1, -0.05) is 12.1 Å². The number of aliphatic hydroxyl groups excluding tert-OH is 1. The quantitative estimate of drug-likeness (QED) is 0.682. The standard InChI is InChI=1S/C15H18N4O2.ClH/c20-8-6-10-1-3-11(4-2-10)17-15(21)14-12-9-16-7-5-13(12)18-19-14;/h1-4,16,20H,5-9H2,(H,17,21)(H,18,19);1H. The highest BCUT2D eigenvalue weighted by Crippen LogP contribution is 2.17. The molecule has 1 aliphatic heterocycles. The van der Waals surface area contributed by atoms with Gasteiger partial charge in [-0.15, -0.1) is 12.4 Å². The molecule has 0 unspecified atom stereocenters. The van der Waals surface area contributed by atoms with E-state index in [-0.39, 0.29) is 24.9 Å². The third kappa shape index (κ3) is 3.47. The molecule has 0 spiro atoms. The van der Waals surface area contributed by atoms with Crippen LogP contribution in [0, 0.1) is 0 Å². The Morgan fingerprint density at radius 1 is 1.32 bits per heavy atom. The Labute approximate surface area is 134 Å². The predicted molar refractivity (Wildman–Crippen MR) is 86.4 cm³/mol. The van der Waals surface area contributed by atoms with Crippen molar-refractivity contribution >= 4 is 24.0 Å². The average Bonchev–Trinajstić information content (AvgIpc) is 2.93. The van der Waals surface area contributed by atoms with Gasteiger partial charge in [-0.3, -0.25) is 9.89 Å². The first-order chi connectivity index (χ1) is 10.3. The van der Waals surface area contributed by atoms with Gasteiger partial charge < -0.3 is 15.7 Å². The van der Waals surface area contributed by atoms with Crippen LogP contribution in [0.4, 0.5) is 5.69 Å². The molecule has 0 aliphatic carbocycles. The van der Waals surface area contributed by atoms with E-state index in [4.69, 9.17) is 5.11 Å². The number of fused-ring (bicyclic) bond motifs is 1. The van der Waals surface area contributed by atoms with Gasteiger partial charge in [-0.25, -0.2) is 0 Å². The van der Waals surface area contributed by atoms with E-state index < -0.39 is 0 Å². The van der Waals surface area contributed by atoms with Crippen molar-refractivity contribution in [1.29, 1.82) is 0 Å². The lowest BCUT2D eigenvalue weighted by Gasteiger charge is -2.13. The number of aromatic nitrogens is 2. The molecule has 1 aliphatic rings. The maximum atomic E-state index is 12.3. The molecule has 0 saturated carbocycles. The first-order valence-corrected chi connectivity index (χ1v) is 7.06. The van der Waals surface area contributed by atoms with Gasteiger partial charge in [0.25, 0.3) is 5.91 Å². The van der Waals surface area contributed by atoms with Gasteiger partial charge in [0.05, 0.1) is 0 Å². The van der Waals surface area contributed by atoms with Gasteiger partial charge in [0.15, 0.2) is 5.69 Å². The molecule has 22 heavy (non-hydrogen) atoms. The zero-order valence-corrected chi connectivity index (χ0v) is 12.9. The van der Waals surface area contributed by atoms with Crippen LogP contribution in [0.25, 0.3) is 0 Å². The Balaban J connectivity index is 0.00000176. The molecule has 0 radical (unpaired) electrons. The Hall–Kier alpha value is -1.89. The third-order valence-corrected chi connectivity index (χ3v) is 3.63. The van der Waals surface area contributed by atoms with Crippen molar-refractivity contribution in [1.82, 2.24) is 15.5 Å². The highest BCUT2D eigenvalue weighted by Gasteiger charge is 2.21. The van der Waals surface area contributed by atoms with E-state index in [1.807, 2.05) is 24.3 Å². The van der Waals surface area contributed by atoms with E-state index in [0.717, 1.165) is 35.5 Å². The number of amides is 1. The molecule has 118 valence electrons. The number of benzene rings is 1. The molecule has 0 atom stereocenters. The molecule has 4 N–H and O–H groups in total. The molecule has 0 bridgehead atoms. The third-order valence-electron chi connectivity index (χ3n) is 3.63. The fraction of sp³-hybridized carbons (Fsp3) is 0.333. The maximum absolute atomic E-state index is 12.3. The number of hydrogen-bond donors (Lipinski definition) is 4. The number of aromatic amines is 1. The van der Waals surface area contributed by atoms with Crippen LogP contribution in [-0.2, 0) is 19.4 Å². The van der Waals surface area contributed by atoms with Crippen LogP contribution in [0.5, 0.6) is 0 Å². The lowest BCUT2D eigenvalue weighted by molar-refractivity contribution is 0.102. The summed E-state index contributed by atoms with van der Waals surface area (Å²) in [6.45, 7) is 1.70. The molecular formula is C15H19ClN4O2. The van der Waals surface area contributed by atoms with Crippen molar-refractivity contribution < 1.29 is 9.90 Å². The average molecular weight is 323 g/mol. The number of nitrogens with one attached hydrogen (secondary N) is 3. The van der Waals surface area contributed by atoms with Crippen LogP contribution in [0.2, 0.25) is 0 Å². The normalized spacial score (nSPS) is 13.1. The van der Waals surface area contributed by atoms with Crippen molar-refractivity contribution in [3.8, 4) is 0 Å². The second-order valence-corrected chi connectivity index (χ2v) is 5.08. The Kier molecular flexibility index (Phi) is 5.54. The largest absolute Gasteiger partial charge is 0.396 e. The molecule has 0 saturated heterocycles. The van der Waals surface area contributed by atoms with E-state index in [2.05, 4.69) is 20.8 Å². The van der Waals surface area contributed by atoms with E-state index >= 15 is 0 Å². The number of carbonyl (C=O) groups is 1. The van der Waals surface area contributed by atoms with Crippen LogP contribution in [-0.4, -0.2) is 34.4 Å². The summed E-state index contributed by atoms with van der Waals surface area (Å²) in [5.74, 6) is -0.203. The number of nitrogens with zero attached hydrogens (tertiary/aromatic N) is 1. The second kappa shape index (κ2) is 7.40. The summed E-state index contributed by atoms with van der Waals surface area (Å²) in [5, 5.41) is 22.1. The summed E-state index contributed by atoms with van der Waals surface area (Å²) in [6.07, 6.45) is 1.48. The summed E-state index contributed by atoms with van der Waals surface area (Å²) in [5.41, 5.74) is 4.21. The highest BCUT2D eigenvalue weighted by atomic mass is 35.5. The van der Waals surface area contributed by atoms with Gasteiger partial charge in [0.1, 0.15) is 0 Å². The van der Waals surface area contributed by atoms with E-state index in [1.54, 1.807) is 0 Å². The molecule has 7 heteroatoms. The molecule has 2 heterocycles. The predicted octanol–water partition coefficient (Wildman–Crippen LogP) is 1.26. The van der Waals surface area contributed by atoms with Gasteiger partial charge >= 0.3 is 0 Å². The van der Waals surface area contributed by atoms with Crippen LogP contribution in [0.3, 0.4) is 0 Å². The van der Waals surface area contributed by atoms with Gasteiger partial charge in [0, 0.05) is 43.1 Å². The molecular weight excluding hydrogens is 304 g/mol. The van der Waals surface area contributed by atoms with Crippen molar-refractivity contribution in [2.24, 2.45) is 0 Å². The summed E-state index contributed by atoms with van der Waals surface area (Å²) in [4.78, 5) is 12.3. The summed E-state index contributed by atoms with van der Waals surface area (Å²) >= 11 is 0. The smallest absolute Gasteiger partial charge is 0.276 e. The number of rotatable bonds is 4. The number of H-pyrrole nitrogens is 1. The SMILES string of the molecule is Cl.O=C(Nc1ccc(CCO)cc1)c1n[nH]c2c1CNCC2. The van der Waals surface area contributed by atoms with Crippen molar-refractivity contribution in [3.05, 3.63) is 46.8 Å². The first-order valence-electron chi connectivity index (χ1n) is 7.06. The summed E-state index contributed by atoms with van der Waals surface area (Å²) in [7, 11) is 0.